The van der Waals surface area contributed by atoms with Gasteiger partial charge in [-0.25, -0.2) is 9.67 Å². The Kier molecular flexibility index (Phi) is 3.54. The fraction of sp³-hybridized carbons (Fsp3) is 0.385. The highest BCUT2D eigenvalue weighted by Gasteiger charge is 2.21. The van der Waals surface area contributed by atoms with Gasteiger partial charge in [-0.3, -0.25) is 0 Å². The topological polar surface area (TPSA) is 69.4 Å². The van der Waals surface area contributed by atoms with Crippen LogP contribution < -0.4 is 9.47 Å². The molecule has 0 radical (unpaired) electrons. The van der Waals surface area contributed by atoms with E-state index in [0.717, 1.165) is 10.7 Å². The van der Waals surface area contributed by atoms with E-state index in [4.69, 9.17) is 9.47 Å². The third kappa shape index (κ3) is 2.34. The second-order valence-electron chi connectivity index (χ2n) is 4.43. The lowest BCUT2D eigenvalue weighted by molar-refractivity contribution is 0.164. The second kappa shape index (κ2) is 5.34. The van der Waals surface area contributed by atoms with Crippen molar-refractivity contribution in [2.24, 2.45) is 0 Å². The summed E-state index contributed by atoms with van der Waals surface area (Å²) in [6, 6.07) is 5.57. The molecule has 0 spiro atoms. The van der Waals surface area contributed by atoms with Gasteiger partial charge >= 0.3 is 0 Å². The van der Waals surface area contributed by atoms with E-state index >= 15 is 0 Å². The average molecular weight is 293 g/mol. The molecule has 0 saturated heterocycles. The number of aliphatic hydroxyl groups excluding tert-OH is 1. The van der Waals surface area contributed by atoms with Gasteiger partial charge in [-0.15, -0.1) is 5.10 Å². The lowest BCUT2D eigenvalue weighted by atomic mass is 10.2. The predicted octanol–water partition coefficient (Wildman–Crippen LogP) is 1.43. The Balaban J connectivity index is 1.97. The van der Waals surface area contributed by atoms with Crippen LogP contribution in [0.5, 0.6) is 11.5 Å². The maximum atomic E-state index is 9.64. The number of aliphatic hydroxyl groups is 1. The summed E-state index contributed by atoms with van der Waals surface area (Å²) in [6.07, 6.45) is -0.368. The standard InChI is InChI=1S/C13H15N3O3S/c1-18-10-4-3-8(5-11(10)19-2)12-14-13-16(15-12)6-9(17)7-20-13/h3-5,9,17H,6-7H2,1-2H3/t9-/m1/s1. The van der Waals surface area contributed by atoms with E-state index < -0.39 is 0 Å². The molecule has 0 saturated carbocycles. The minimum Gasteiger partial charge on any atom is -0.493 e. The number of hydrogen-bond donors (Lipinski definition) is 1. The molecule has 6 nitrogen and oxygen atoms in total. The first-order valence-electron chi connectivity index (χ1n) is 6.19. The van der Waals surface area contributed by atoms with Gasteiger partial charge in [-0.2, -0.15) is 0 Å². The molecule has 1 N–H and O–H groups in total. The minimum atomic E-state index is -0.368. The molecular formula is C13H15N3O3S. The van der Waals surface area contributed by atoms with Crippen LogP contribution in [0.3, 0.4) is 0 Å². The van der Waals surface area contributed by atoms with Crippen molar-refractivity contribution in [2.75, 3.05) is 20.0 Å². The summed E-state index contributed by atoms with van der Waals surface area (Å²) in [5.74, 6) is 2.60. The van der Waals surface area contributed by atoms with Crippen molar-refractivity contribution < 1.29 is 14.6 Å². The van der Waals surface area contributed by atoms with Crippen molar-refractivity contribution in [2.45, 2.75) is 17.8 Å². The molecule has 1 aromatic carbocycles. The maximum absolute atomic E-state index is 9.64. The van der Waals surface area contributed by atoms with Crippen LogP contribution >= 0.6 is 11.8 Å². The summed E-state index contributed by atoms with van der Waals surface area (Å²) in [5.41, 5.74) is 0.861. The van der Waals surface area contributed by atoms with Crippen LogP contribution in [-0.2, 0) is 6.54 Å². The Morgan fingerprint density at radius 3 is 2.85 bits per heavy atom. The molecule has 1 aliphatic heterocycles. The SMILES string of the molecule is COc1ccc(-c2nc3n(n2)C[C@@H](O)CS3)cc1OC. The predicted molar refractivity (Wildman–Crippen MR) is 75.3 cm³/mol. The summed E-state index contributed by atoms with van der Waals surface area (Å²) in [7, 11) is 3.20. The highest BCUT2D eigenvalue weighted by Crippen LogP contribution is 2.32. The summed E-state index contributed by atoms with van der Waals surface area (Å²) in [4.78, 5) is 4.49. The van der Waals surface area contributed by atoms with E-state index in [0.29, 0.717) is 29.6 Å². The molecular weight excluding hydrogens is 278 g/mol. The van der Waals surface area contributed by atoms with E-state index in [1.807, 2.05) is 18.2 Å². The van der Waals surface area contributed by atoms with Gasteiger partial charge < -0.3 is 14.6 Å². The van der Waals surface area contributed by atoms with Gasteiger partial charge in [-0.05, 0) is 18.2 Å². The van der Waals surface area contributed by atoms with Gasteiger partial charge in [0.2, 0.25) is 0 Å². The zero-order chi connectivity index (χ0) is 14.1. The van der Waals surface area contributed by atoms with E-state index in [1.165, 1.54) is 11.8 Å². The molecule has 1 aliphatic rings. The molecule has 1 aromatic heterocycles. The number of methoxy groups -OCH3 is 2. The number of hydrogen-bond acceptors (Lipinski definition) is 6. The molecule has 20 heavy (non-hydrogen) atoms. The quantitative estimate of drug-likeness (QED) is 0.923. The third-order valence-electron chi connectivity index (χ3n) is 3.07. The van der Waals surface area contributed by atoms with Crippen molar-refractivity contribution in [3.63, 3.8) is 0 Å². The number of thioether (sulfide) groups is 1. The third-order valence-corrected chi connectivity index (χ3v) is 4.18. The number of fused-ring (bicyclic) bond motifs is 1. The van der Waals surface area contributed by atoms with Gasteiger partial charge in [0.25, 0.3) is 0 Å². The number of benzene rings is 1. The Morgan fingerprint density at radius 1 is 1.30 bits per heavy atom. The van der Waals surface area contributed by atoms with Crippen molar-refractivity contribution in [3.8, 4) is 22.9 Å². The van der Waals surface area contributed by atoms with Gasteiger partial charge in [0.1, 0.15) is 0 Å². The smallest absolute Gasteiger partial charge is 0.186 e. The highest BCUT2D eigenvalue weighted by molar-refractivity contribution is 7.99. The van der Waals surface area contributed by atoms with Crippen LogP contribution in [0.15, 0.2) is 23.4 Å². The molecule has 3 rings (SSSR count). The molecule has 0 fully saturated rings. The Morgan fingerprint density at radius 2 is 2.10 bits per heavy atom. The van der Waals surface area contributed by atoms with Crippen LogP contribution in [0.25, 0.3) is 11.4 Å². The first-order chi connectivity index (χ1) is 9.71. The van der Waals surface area contributed by atoms with Crippen LogP contribution in [0.1, 0.15) is 0 Å². The van der Waals surface area contributed by atoms with E-state index in [1.54, 1.807) is 18.9 Å². The number of rotatable bonds is 3. The molecule has 0 aliphatic carbocycles. The molecule has 0 amide bonds. The summed E-state index contributed by atoms with van der Waals surface area (Å²) >= 11 is 1.51. The highest BCUT2D eigenvalue weighted by atomic mass is 32.2. The molecule has 1 atom stereocenters. The lowest BCUT2D eigenvalue weighted by Crippen LogP contribution is -2.24. The van der Waals surface area contributed by atoms with Crippen LogP contribution in [0.4, 0.5) is 0 Å². The Hall–Kier alpha value is -1.73. The van der Waals surface area contributed by atoms with E-state index in [2.05, 4.69) is 10.1 Å². The normalized spacial score (nSPS) is 17.6. The van der Waals surface area contributed by atoms with Crippen LogP contribution in [-0.4, -0.2) is 45.9 Å². The summed E-state index contributed by atoms with van der Waals surface area (Å²) in [5, 5.41) is 14.9. The minimum absolute atomic E-state index is 0.368. The Labute approximate surface area is 120 Å². The molecule has 2 aromatic rings. The van der Waals surface area contributed by atoms with Gasteiger partial charge in [-0.1, -0.05) is 11.8 Å². The molecule has 7 heteroatoms. The average Bonchev–Trinajstić information content (AvgIpc) is 2.89. The molecule has 0 bridgehead atoms. The summed E-state index contributed by atoms with van der Waals surface area (Å²) in [6.45, 7) is 0.489. The van der Waals surface area contributed by atoms with Crippen molar-refractivity contribution >= 4 is 11.8 Å². The van der Waals surface area contributed by atoms with Gasteiger partial charge in [0.15, 0.2) is 22.5 Å². The molecule has 106 valence electrons. The van der Waals surface area contributed by atoms with Crippen LogP contribution in [0.2, 0.25) is 0 Å². The molecule has 2 heterocycles. The number of aromatic nitrogens is 3. The largest absolute Gasteiger partial charge is 0.493 e. The van der Waals surface area contributed by atoms with Gasteiger partial charge in [0.05, 0.1) is 26.9 Å². The fourth-order valence-corrected chi connectivity index (χ4v) is 2.94. The lowest BCUT2D eigenvalue weighted by Gasteiger charge is -2.16. The maximum Gasteiger partial charge on any atom is 0.186 e. The zero-order valence-corrected chi connectivity index (χ0v) is 12.1. The first-order valence-corrected chi connectivity index (χ1v) is 7.18. The van der Waals surface area contributed by atoms with E-state index in [9.17, 15) is 5.11 Å². The summed E-state index contributed by atoms with van der Waals surface area (Å²) < 4.78 is 12.2. The first kappa shape index (κ1) is 13.3. The van der Waals surface area contributed by atoms with Crippen molar-refractivity contribution in [3.05, 3.63) is 18.2 Å². The Bertz CT molecular complexity index is 629. The van der Waals surface area contributed by atoms with Crippen molar-refractivity contribution in [1.82, 2.24) is 14.8 Å². The number of nitrogens with zero attached hydrogens (tertiary/aromatic N) is 3. The second-order valence-corrected chi connectivity index (χ2v) is 5.42. The van der Waals surface area contributed by atoms with Gasteiger partial charge in [0, 0.05) is 11.3 Å². The monoisotopic (exact) mass is 293 g/mol. The zero-order valence-electron chi connectivity index (χ0n) is 11.2. The number of ether oxygens (including phenoxy) is 2. The van der Waals surface area contributed by atoms with Crippen molar-refractivity contribution in [1.29, 1.82) is 0 Å². The van der Waals surface area contributed by atoms with Crippen LogP contribution in [0, 0.1) is 0 Å². The van der Waals surface area contributed by atoms with E-state index in [-0.39, 0.29) is 6.10 Å². The fourth-order valence-electron chi connectivity index (χ4n) is 2.07. The molecule has 0 unspecified atom stereocenters.